The highest BCUT2D eigenvalue weighted by Gasteiger charge is 2.31. The molecule has 1 amide bonds. The summed E-state index contributed by atoms with van der Waals surface area (Å²) in [4.78, 5) is 12.6. The second-order valence-electron chi connectivity index (χ2n) is 6.97. The lowest BCUT2D eigenvalue weighted by atomic mass is 9.94. The predicted octanol–water partition coefficient (Wildman–Crippen LogP) is 4.25. The Morgan fingerprint density at radius 3 is 2.70 bits per heavy atom. The number of fused-ring (bicyclic) bond motifs is 1. The monoisotopic (exact) mass is 377 g/mol. The third kappa shape index (κ3) is 4.03. The van der Waals surface area contributed by atoms with Gasteiger partial charge in [0.05, 0.1) is 18.2 Å². The normalized spacial score (nSPS) is 16.1. The van der Waals surface area contributed by atoms with Gasteiger partial charge in [0.1, 0.15) is 11.5 Å². The number of rotatable bonds is 5. The van der Waals surface area contributed by atoms with Gasteiger partial charge in [-0.05, 0) is 56.2 Å². The molecule has 27 heavy (non-hydrogen) atoms. The van der Waals surface area contributed by atoms with Gasteiger partial charge in [0.15, 0.2) is 0 Å². The van der Waals surface area contributed by atoms with E-state index in [0.29, 0.717) is 17.7 Å². The van der Waals surface area contributed by atoms with Crippen molar-refractivity contribution in [3.63, 3.8) is 0 Å². The number of ether oxygens (including phenoxy) is 2. The minimum absolute atomic E-state index is 0.179. The van der Waals surface area contributed by atoms with Crippen molar-refractivity contribution in [2.45, 2.75) is 45.6 Å². The van der Waals surface area contributed by atoms with Gasteiger partial charge in [-0.2, -0.15) is 8.78 Å². The number of halogens is 2. The van der Waals surface area contributed by atoms with Crippen molar-refractivity contribution in [3.8, 4) is 11.5 Å². The fourth-order valence-corrected chi connectivity index (χ4v) is 3.21. The van der Waals surface area contributed by atoms with Gasteiger partial charge >= 0.3 is 6.61 Å². The van der Waals surface area contributed by atoms with Crippen molar-refractivity contribution in [2.24, 2.45) is 0 Å². The summed E-state index contributed by atoms with van der Waals surface area (Å²) < 4.78 is 35.4. The Labute approximate surface area is 155 Å². The molecule has 0 radical (unpaired) electrons. The number of amides is 1. The number of nitrogens with one attached hydrogen (secondary N) is 1. The molecule has 1 aliphatic heterocycles. The number of hydrogen-bond acceptors (Lipinski definition) is 4. The minimum Gasteiger partial charge on any atom is -0.508 e. The topological polar surface area (TPSA) is 67.8 Å². The Morgan fingerprint density at radius 2 is 2.00 bits per heavy atom. The summed E-state index contributed by atoms with van der Waals surface area (Å²) in [6.45, 7) is 2.99. The average Bonchev–Trinajstić information content (AvgIpc) is 2.89. The van der Waals surface area contributed by atoms with Crippen molar-refractivity contribution in [1.82, 2.24) is 5.32 Å². The lowest BCUT2D eigenvalue weighted by Crippen LogP contribution is -2.27. The number of alkyl halides is 2. The fourth-order valence-electron chi connectivity index (χ4n) is 3.21. The van der Waals surface area contributed by atoms with Gasteiger partial charge in [-0.15, -0.1) is 0 Å². The molecule has 2 N–H and O–H groups in total. The fraction of sp³-hybridized carbons (Fsp3) is 0.350. The molecular weight excluding hydrogens is 356 g/mol. The van der Waals surface area contributed by atoms with Crippen LogP contribution in [0.25, 0.3) is 0 Å². The summed E-state index contributed by atoms with van der Waals surface area (Å²) >= 11 is 0. The van der Waals surface area contributed by atoms with E-state index in [9.17, 15) is 18.7 Å². The van der Waals surface area contributed by atoms with E-state index in [1.165, 1.54) is 12.1 Å². The molecule has 1 aliphatic rings. The molecular formula is C20H21F2NO4. The third-order valence-corrected chi connectivity index (χ3v) is 4.63. The standard InChI is InChI=1S/C20H21F2NO4/c1-11(15-6-5-14(24)9-17(15)27-19(21)22)23-18(25)12-4-7-16-13(8-12)10-26-20(16,2)3/h4-9,11,19,24H,10H2,1-3H3,(H,23,25)/t11-/m0/s1. The number of carbonyl (C=O) groups is 1. The SMILES string of the molecule is C[C@H](NC(=O)c1ccc2c(c1)COC2(C)C)c1ccc(O)cc1OC(F)F. The molecule has 2 aromatic carbocycles. The van der Waals surface area contributed by atoms with E-state index in [1.54, 1.807) is 19.1 Å². The zero-order valence-electron chi connectivity index (χ0n) is 15.3. The highest BCUT2D eigenvalue weighted by Crippen LogP contribution is 2.36. The van der Waals surface area contributed by atoms with Crippen LogP contribution in [-0.4, -0.2) is 17.6 Å². The summed E-state index contributed by atoms with van der Waals surface area (Å²) in [5.74, 6) is -0.720. The summed E-state index contributed by atoms with van der Waals surface area (Å²) in [6.07, 6.45) is 0. The second kappa shape index (κ2) is 7.15. The maximum absolute atomic E-state index is 12.6. The second-order valence-corrected chi connectivity index (χ2v) is 6.97. The van der Waals surface area contributed by atoms with Crippen LogP contribution >= 0.6 is 0 Å². The van der Waals surface area contributed by atoms with Gasteiger partial charge < -0.3 is 19.9 Å². The molecule has 0 saturated carbocycles. The van der Waals surface area contributed by atoms with Crippen LogP contribution in [0.15, 0.2) is 36.4 Å². The number of phenolic OH excluding ortho intramolecular Hbond substituents is 1. The maximum Gasteiger partial charge on any atom is 0.387 e. The largest absolute Gasteiger partial charge is 0.508 e. The molecule has 0 bridgehead atoms. The van der Waals surface area contributed by atoms with Crippen molar-refractivity contribution in [3.05, 3.63) is 58.7 Å². The summed E-state index contributed by atoms with van der Waals surface area (Å²) in [5, 5.41) is 12.3. The minimum atomic E-state index is -3.03. The van der Waals surface area contributed by atoms with Crippen LogP contribution in [0, 0.1) is 0 Å². The average molecular weight is 377 g/mol. The van der Waals surface area contributed by atoms with E-state index in [1.807, 2.05) is 19.9 Å². The van der Waals surface area contributed by atoms with Gasteiger partial charge in [-0.3, -0.25) is 4.79 Å². The van der Waals surface area contributed by atoms with E-state index < -0.39 is 12.7 Å². The zero-order chi connectivity index (χ0) is 19.8. The molecule has 5 nitrogen and oxygen atoms in total. The Kier molecular flexibility index (Phi) is 5.06. The Morgan fingerprint density at radius 1 is 1.26 bits per heavy atom. The van der Waals surface area contributed by atoms with Gasteiger partial charge in [0, 0.05) is 17.2 Å². The van der Waals surface area contributed by atoms with Gasteiger partial charge in [-0.1, -0.05) is 6.07 Å². The maximum atomic E-state index is 12.6. The Balaban J connectivity index is 1.79. The number of carbonyl (C=O) groups excluding carboxylic acids is 1. The third-order valence-electron chi connectivity index (χ3n) is 4.63. The lowest BCUT2D eigenvalue weighted by molar-refractivity contribution is -0.0507. The summed E-state index contributed by atoms with van der Waals surface area (Å²) in [5.41, 5.74) is 2.40. The summed E-state index contributed by atoms with van der Waals surface area (Å²) in [6, 6.07) is 8.65. The molecule has 0 spiro atoms. The number of benzene rings is 2. The van der Waals surface area contributed by atoms with E-state index in [-0.39, 0.29) is 23.0 Å². The molecule has 0 fully saturated rings. The zero-order valence-corrected chi connectivity index (χ0v) is 15.3. The molecule has 0 saturated heterocycles. The quantitative estimate of drug-likeness (QED) is 0.817. The molecule has 1 heterocycles. The Bertz CT molecular complexity index is 867. The first kappa shape index (κ1) is 19.1. The van der Waals surface area contributed by atoms with Crippen molar-refractivity contribution in [2.75, 3.05) is 0 Å². The molecule has 0 aromatic heterocycles. The molecule has 1 atom stereocenters. The first-order valence-corrected chi connectivity index (χ1v) is 8.53. The van der Waals surface area contributed by atoms with Crippen molar-refractivity contribution >= 4 is 5.91 Å². The first-order valence-electron chi connectivity index (χ1n) is 8.53. The van der Waals surface area contributed by atoms with Gasteiger partial charge in [0.2, 0.25) is 0 Å². The van der Waals surface area contributed by atoms with Crippen LogP contribution in [0.4, 0.5) is 8.78 Å². The highest BCUT2D eigenvalue weighted by atomic mass is 19.3. The van der Waals surface area contributed by atoms with Crippen LogP contribution in [0.2, 0.25) is 0 Å². The van der Waals surface area contributed by atoms with Crippen LogP contribution in [0.1, 0.15) is 53.9 Å². The van der Waals surface area contributed by atoms with E-state index >= 15 is 0 Å². The predicted molar refractivity (Wildman–Crippen MR) is 94.9 cm³/mol. The number of hydrogen-bond donors (Lipinski definition) is 2. The van der Waals surface area contributed by atoms with Crippen LogP contribution in [-0.2, 0) is 16.9 Å². The molecule has 2 aromatic rings. The van der Waals surface area contributed by atoms with Gasteiger partial charge in [0.25, 0.3) is 5.91 Å². The van der Waals surface area contributed by atoms with Gasteiger partial charge in [-0.25, -0.2) is 0 Å². The van der Waals surface area contributed by atoms with Crippen LogP contribution in [0.5, 0.6) is 11.5 Å². The van der Waals surface area contributed by atoms with E-state index in [0.717, 1.165) is 17.2 Å². The van der Waals surface area contributed by atoms with Crippen LogP contribution < -0.4 is 10.1 Å². The van der Waals surface area contributed by atoms with Crippen molar-refractivity contribution < 1.29 is 28.2 Å². The Hall–Kier alpha value is -2.67. The van der Waals surface area contributed by atoms with E-state index in [4.69, 9.17) is 4.74 Å². The molecule has 3 rings (SSSR count). The molecule has 0 aliphatic carbocycles. The first-order chi connectivity index (χ1) is 12.7. The van der Waals surface area contributed by atoms with Crippen LogP contribution in [0.3, 0.4) is 0 Å². The van der Waals surface area contributed by atoms with Crippen molar-refractivity contribution in [1.29, 1.82) is 0 Å². The van der Waals surface area contributed by atoms with E-state index in [2.05, 4.69) is 10.1 Å². The number of phenols is 1. The smallest absolute Gasteiger partial charge is 0.387 e. The molecule has 0 unspecified atom stereocenters. The molecule has 144 valence electrons. The molecule has 7 heteroatoms. The number of aromatic hydroxyl groups is 1. The highest BCUT2D eigenvalue weighted by molar-refractivity contribution is 5.94. The summed E-state index contributed by atoms with van der Waals surface area (Å²) in [7, 11) is 0. The lowest BCUT2D eigenvalue weighted by Gasteiger charge is -2.19.